The molecule has 0 aromatic heterocycles. The molecule has 22 heavy (non-hydrogen) atoms. The number of carbonyl (C=O) groups excluding carboxylic acids is 3. The van der Waals surface area contributed by atoms with E-state index in [2.05, 4.69) is 34.5 Å². The highest BCUT2D eigenvalue weighted by Crippen LogP contribution is 2.32. The number of nitrogens with one attached hydrogen (secondary N) is 3. The standard InChI is InChI=1S/C12H21N3O4.C3H8/c1-13-9(16)7-12(5-3-4-6-12)15-10(17)8-14-11(18)19-2;1-3-2/h3-8H2,1-2H3,(H,13,16)(H,14,18)(H,15,17);3H2,1-2H3. The van der Waals surface area contributed by atoms with Crippen molar-refractivity contribution in [3.05, 3.63) is 0 Å². The summed E-state index contributed by atoms with van der Waals surface area (Å²) in [6, 6.07) is 0. The van der Waals surface area contributed by atoms with Crippen LogP contribution in [-0.4, -0.2) is 44.1 Å². The molecule has 1 fully saturated rings. The van der Waals surface area contributed by atoms with E-state index in [1.807, 2.05) is 0 Å². The van der Waals surface area contributed by atoms with Crippen LogP contribution in [0.25, 0.3) is 0 Å². The minimum absolute atomic E-state index is 0.0943. The Morgan fingerprint density at radius 2 is 1.64 bits per heavy atom. The SMILES string of the molecule is CCC.CNC(=O)CC1(NC(=O)CNC(=O)OC)CCCC1. The van der Waals surface area contributed by atoms with Crippen LogP contribution in [0.3, 0.4) is 0 Å². The first-order chi connectivity index (χ1) is 10.4. The van der Waals surface area contributed by atoms with Crippen molar-refractivity contribution in [3.63, 3.8) is 0 Å². The Hall–Kier alpha value is -1.79. The number of hydrogen-bond acceptors (Lipinski definition) is 4. The van der Waals surface area contributed by atoms with Gasteiger partial charge in [0.2, 0.25) is 11.8 Å². The molecule has 0 bridgehead atoms. The van der Waals surface area contributed by atoms with Crippen LogP contribution in [0.15, 0.2) is 0 Å². The van der Waals surface area contributed by atoms with Gasteiger partial charge in [-0.05, 0) is 12.8 Å². The summed E-state index contributed by atoms with van der Waals surface area (Å²) in [6.45, 7) is 4.10. The molecule has 7 heteroatoms. The lowest BCUT2D eigenvalue weighted by molar-refractivity contribution is -0.124. The van der Waals surface area contributed by atoms with Crippen molar-refractivity contribution in [1.29, 1.82) is 0 Å². The molecule has 1 aliphatic rings. The van der Waals surface area contributed by atoms with Crippen LogP contribution in [0.5, 0.6) is 0 Å². The van der Waals surface area contributed by atoms with E-state index >= 15 is 0 Å². The molecule has 1 saturated carbocycles. The quantitative estimate of drug-likeness (QED) is 0.713. The molecule has 1 aliphatic carbocycles. The molecule has 3 N–H and O–H groups in total. The maximum atomic E-state index is 11.8. The van der Waals surface area contributed by atoms with E-state index < -0.39 is 11.6 Å². The largest absolute Gasteiger partial charge is 0.453 e. The molecule has 0 unspecified atom stereocenters. The van der Waals surface area contributed by atoms with E-state index in [4.69, 9.17) is 0 Å². The molecule has 1 rings (SSSR count). The van der Waals surface area contributed by atoms with Gasteiger partial charge in [0.15, 0.2) is 0 Å². The molecule has 0 saturated heterocycles. The van der Waals surface area contributed by atoms with Crippen molar-refractivity contribution < 1.29 is 19.1 Å². The van der Waals surface area contributed by atoms with Crippen LogP contribution < -0.4 is 16.0 Å². The number of rotatable bonds is 5. The minimum Gasteiger partial charge on any atom is -0.453 e. The number of ether oxygens (including phenoxy) is 1. The Morgan fingerprint density at radius 1 is 1.09 bits per heavy atom. The van der Waals surface area contributed by atoms with E-state index in [0.717, 1.165) is 25.7 Å². The summed E-state index contributed by atoms with van der Waals surface area (Å²) in [5.41, 5.74) is -0.477. The van der Waals surface area contributed by atoms with Gasteiger partial charge in [0, 0.05) is 19.0 Å². The van der Waals surface area contributed by atoms with E-state index in [1.54, 1.807) is 7.05 Å². The summed E-state index contributed by atoms with van der Waals surface area (Å²) in [6.07, 6.45) is 4.41. The van der Waals surface area contributed by atoms with Crippen molar-refractivity contribution in [2.24, 2.45) is 0 Å². The summed E-state index contributed by atoms with van der Waals surface area (Å²) in [4.78, 5) is 34.2. The highest BCUT2D eigenvalue weighted by Gasteiger charge is 2.37. The Labute approximate surface area is 132 Å². The Balaban J connectivity index is 0.00000135. The van der Waals surface area contributed by atoms with Gasteiger partial charge in [-0.2, -0.15) is 0 Å². The monoisotopic (exact) mass is 315 g/mol. The molecule has 0 aliphatic heterocycles. The molecule has 0 heterocycles. The van der Waals surface area contributed by atoms with E-state index in [0.29, 0.717) is 0 Å². The predicted octanol–water partition coefficient (Wildman–Crippen LogP) is 1.32. The van der Waals surface area contributed by atoms with Crippen LogP contribution in [0.1, 0.15) is 52.4 Å². The van der Waals surface area contributed by atoms with Gasteiger partial charge in [-0.1, -0.05) is 33.1 Å². The molecule has 0 aromatic rings. The number of methoxy groups -OCH3 is 1. The number of alkyl carbamates (subject to hydrolysis) is 1. The van der Waals surface area contributed by atoms with Crippen molar-refractivity contribution in [2.75, 3.05) is 20.7 Å². The molecule has 3 amide bonds. The van der Waals surface area contributed by atoms with Gasteiger partial charge in [0.25, 0.3) is 0 Å². The normalized spacial score (nSPS) is 15.1. The molecular weight excluding hydrogens is 286 g/mol. The van der Waals surface area contributed by atoms with E-state index in [9.17, 15) is 14.4 Å². The van der Waals surface area contributed by atoms with Gasteiger partial charge in [-0.3, -0.25) is 9.59 Å². The molecule has 0 aromatic carbocycles. The van der Waals surface area contributed by atoms with Gasteiger partial charge >= 0.3 is 6.09 Å². The second-order valence-electron chi connectivity index (χ2n) is 5.44. The van der Waals surface area contributed by atoms with Crippen LogP contribution in [0.4, 0.5) is 4.79 Å². The lowest BCUT2D eigenvalue weighted by atomic mass is 9.92. The zero-order valence-electron chi connectivity index (χ0n) is 14.1. The fourth-order valence-electron chi connectivity index (χ4n) is 2.36. The van der Waals surface area contributed by atoms with E-state index in [-0.39, 0.29) is 24.8 Å². The minimum atomic E-state index is -0.651. The summed E-state index contributed by atoms with van der Waals surface area (Å²) in [5, 5.41) is 7.75. The van der Waals surface area contributed by atoms with Crippen LogP contribution in [0.2, 0.25) is 0 Å². The Kier molecular flexibility index (Phi) is 9.98. The summed E-state index contributed by atoms with van der Waals surface area (Å²) < 4.78 is 4.38. The van der Waals surface area contributed by atoms with Crippen molar-refractivity contribution in [3.8, 4) is 0 Å². The van der Waals surface area contributed by atoms with Crippen LogP contribution in [-0.2, 0) is 14.3 Å². The van der Waals surface area contributed by atoms with Crippen LogP contribution >= 0.6 is 0 Å². The van der Waals surface area contributed by atoms with Crippen molar-refractivity contribution in [1.82, 2.24) is 16.0 Å². The van der Waals surface area contributed by atoms with Gasteiger partial charge < -0.3 is 20.7 Å². The lowest BCUT2D eigenvalue weighted by Crippen LogP contribution is -2.51. The topological polar surface area (TPSA) is 96.5 Å². The maximum Gasteiger partial charge on any atom is 0.407 e. The molecule has 0 radical (unpaired) electrons. The predicted molar refractivity (Wildman–Crippen MR) is 84.4 cm³/mol. The first kappa shape index (κ1) is 20.2. The number of carbonyl (C=O) groups is 3. The molecular formula is C15H29N3O4. The third-order valence-corrected chi connectivity index (χ3v) is 3.32. The molecule has 128 valence electrons. The second kappa shape index (κ2) is 10.9. The van der Waals surface area contributed by atoms with Crippen LogP contribution in [0, 0.1) is 0 Å². The highest BCUT2D eigenvalue weighted by atomic mass is 16.5. The second-order valence-corrected chi connectivity index (χ2v) is 5.44. The molecule has 0 spiro atoms. The van der Waals surface area contributed by atoms with Gasteiger partial charge in [-0.15, -0.1) is 0 Å². The lowest BCUT2D eigenvalue weighted by Gasteiger charge is -2.29. The zero-order chi connectivity index (χ0) is 17.0. The van der Waals surface area contributed by atoms with Crippen molar-refractivity contribution in [2.45, 2.75) is 57.9 Å². The Morgan fingerprint density at radius 3 is 2.09 bits per heavy atom. The van der Waals surface area contributed by atoms with E-state index in [1.165, 1.54) is 13.5 Å². The smallest absolute Gasteiger partial charge is 0.407 e. The van der Waals surface area contributed by atoms with Gasteiger partial charge in [0.1, 0.15) is 6.54 Å². The third kappa shape index (κ3) is 7.85. The fourth-order valence-corrected chi connectivity index (χ4v) is 2.36. The maximum absolute atomic E-state index is 11.8. The third-order valence-electron chi connectivity index (χ3n) is 3.32. The molecule has 0 atom stereocenters. The Bertz CT molecular complexity index is 366. The van der Waals surface area contributed by atoms with Crippen molar-refractivity contribution >= 4 is 17.9 Å². The summed E-state index contributed by atoms with van der Waals surface area (Å²) in [5.74, 6) is -0.403. The van der Waals surface area contributed by atoms with Gasteiger partial charge in [0.05, 0.1) is 7.11 Å². The molecule has 7 nitrogen and oxygen atoms in total. The zero-order valence-corrected chi connectivity index (χ0v) is 14.1. The first-order valence-electron chi connectivity index (χ1n) is 7.76. The summed E-state index contributed by atoms with van der Waals surface area (Å²) in [7, 11) is 2.81. The average molecular weight is 315 g/mol. The number of amides is 3. The average Bonchev–Trinajstić information content (AvgIpc) is 2.93. The fraction of sp³-hybridized carbons (Fsp3) is 0.800. The number of hydrogen-bond donors (Lipinski definition) is 3. The highest BCUT2D eigenvalue weighted by molar-refractivity contribution is 5.84. The first-order valence-corrected chi connectivity index (χ1v) is 7.76. The summed E-state index contributed by atoms with van der Waals surface area (Å²) >= 11 is 0. The van der Waals surface area contributed by atoms with Gasteiger partial charge in [-0.25, -0.2) is 4.79 Å².